The van der Waals surface area contributed by atoms with E-state index in [2.05, 4.69) is 27.8 Å². The molecule has 0 saturated heterocycles. The SMILES string of the molecule is CCCNCc1nnnn1-c1cc(C)c([N+](=O)[O-])cc1C. The second-order valence-corrected chi connectivity index (χ2v) is 4.87. The number of benzene rings is 1. The van der Waals surface area contributed by atoms with Crippen LogP contribution >= 0.6 is 0 Å². The molecule has 2 rings (SSSR count). The van der Waals surface area contributed by atoms with Gasteiger partial charge in [-0.1, -0.05) is 6.92 Å². The van der Waals surface area contributed by atoms with Crippen molar-refractivity contribution in [3.8, 4) is 5.69 Å². The van der Waals surface area contributed by atoms with E-state index in [1.807, 2.05) is 6.92 Å². The summed E-state index contributed by atoms with van der Waals surface area (Å²) in [4.78, 5) is 10.6. The lowest BCUT2D eigenvalue weighted by Gasteiger charge is -2.09. The summed E-state index contributed by atoms with van der Waals surface area (Å²) in [5.74, 6) is 0.680. The number of rotatable bonds is 6. The number of hydrogen-bond acceptors (Lipinski definition) is 6. The maximum Gasteiger partial charge on any atom is 0.272 e. The molecule has 0 saturated carbocycles. The van der Waals surface area contributed by atoms with Crippen LogP contribution in [0.2, 0.25) is 0 Å². The average Bonchev–Trinajstić information content (AvgIpc) is 2.89. The van der Waals surface area contributed by atoms with Crippen LogP contribution in [0.3, 0.4) is 0 Å². The first-order chi connectivity index (χ1) is 10.0. The number of nitrogens with one attached hydrogen (secondary N) is 1. The summed E-state index contributed by atoms with van der Waals surface area (Å²) in [5, 5.41) is 25.9. The zero-order chi connectivity index (χ0) is 15.4. The third-order valence-corrected chi connectivity index (χ3v) is 3.18. The summed E-state index contributed by atoms with van der Waals surface area (Å²) in [6.45, 7) is 7.04. The van der Waals surface area contributed by atoms with Crippen LogP contribution in [0.25, 0.3) is 5.69 Å². The first-order valence-corrected chi connectivity index (χ1v) is 6.78. The first-order valence-electron chi connectivity index (χ1n) is 6.78. The normalized spacial score (nSPS) is 10.8. The van der Waals surface area contributed by atoms with E-state index in [0.717, 1.165) is 24.2 Å². The fourth-order valence-corrected chi connectivity index (χ4v) is 2.09. The van der Waals surface area contributed by atoms with Crippen molar-refractivity contribution < 1.29 is 4.92 Å². The number of tetrazole rings is 1. The van der Waals surface area contributed by atoms with E-state index in [0.29, 0.717) is 17.9 Å². The molecule has 0 fully saturated rings. The van der Waals surface area contributed by atoms with E-state index >= 15 is 0 Å². The van der Waals surface area contributed by atoms with Crippen molar-refractivity contribution in [1.82, 2.24) is 25.5 Å². The quantitative estimate of drug-likeness (QED) is 0.494. The topological polar surface area (TPSA) is 98.8 Å². The number of nitrogens with zero attached hydrogens (tertiary/aromatic N) is 5. The summed E-state index contributed by atoms with van der Waals surface area (Å²) >= 11 is 0. The summed E-state index contributed by atoms with van der Waals surface area (Å²) in [5.41, 5.74) is 2.21. The van der Waals surface area contributed by atoms with Crippen molar-refractivity contribution in [3.63, 3.8) is 0 Å². The summed E-state index contributed by atoms with van der Waals surface area (Å²) in [6, 6.07) is 3.29. The number of aromatic nitrogens is 4. The molecule has 8 nitrogen and oxygen atoms in total. The second-order valence-electron chi connectivity index (χ2n) is 4.87. The van der Waals surface area contributed by atoms with Gasteiger partial charge in [-0.05, 0) is 48.9 Å². The molecule has 0 unspecified atom stereocenters. The van der Waals surface area contributed by atoms with Gasteiger partial charge in [0.15, 0.2) is 5.82 Å². The van der Waals surface area contributed by atoms with E-state index in [-0.39, 0.29) is 10.6 Å². The predicted octanol–water partition coefficient (Wildman–Crippen LogP) is 1.69. The van der Waals surface area contributed by atoms with Gasteiger partial charge in [-0.25, -0.2) is 0 Å². The van der Waals surface area contributed by atoms with Crippen molar-refractivity contribution in [3.05, 3.63) is 39.2 Å². The smallest absolute Gasteiger partial charge is 0.272 e. The lowest BCUT2D eigenvalue weighted by atomic mass is 10.1. The second kappa shape index (κ2) is 6.40. The molecule has 2 aromatic rings. The van der Waals surface area contributed by atoms with Crippen molar-refractivity contribution in [2.75, 3.05) is 6.54 Å². The summed E-state index contributed by atoms with van der Waals surface area (Å²) in [6.07, 6.45) is 1.03. The van der Waals surface area contributed by atoms with E-state index in [4.69, 9.17) is 0 Å². The third-order valence-electron chi connectivity index (χ3n) is 3.18. The van der Waals surface area contributed by atoms with E-state index < -0.39 is 0 Å². The molecule has 0 aliphatic heterocycles. The number of aryl methyl sites for hydroxylation is 2. The molecule has 1 aromatic heterocycles. The Balaban J connectivity index is 2.37. The van der Waals surface area contributed by atoms with Crippen LogP contribution in [-0.2, 0) is 6.54 Å². The highest BCUT2D eigenvalue weighted by atomic mass is 16.6. The number of nitro benzene ring substituents is 1. The van der Waals surface area contributed by atoms with Crippen LogP contribution in [0, 0.1) is 24.0 Å². The molecule has 1 N–H and O–H groups in total. The maximum atomic E-state index is 11.0. The molecular weight excluding hydrogens is 272 g/mol. The van der Waals surface area contributed by atoms with Gasteiger partial charge in [-0.3, -0.25) is 10.1 Å². The Labute approximate surface area is 122 Å². The largest absolute Gasteiger partial charge is 0.310 e. The van der Waals surface area contributed by atoms with Gasteiger partial charge in [-0.15, -0.1) is 5.10 Å². The van der Waals surface area contributed by atoms with Crippen molar-refractivity contribution in [1.29, 1.82) is 0 Å². The predicted molar refractivity (Wildman–Crippen MR) is 77.3 cm³/mol. The molecule has 0 aliphatic rings. The van der Waals surface area contributed by atoms with Gasteiger partial charge in [-0.2, -0.15) is 4.68 Å². The highest BCUT2D eigenvalue weighted by molar-refractivity contribution is 5.52. The van der Waals surface area contributed by atoms with Crippen LogP contribution in [0.15, 0.2) is 12.1 Å². The van der Waals surface area contributed by atoms with Gasteiger partial charge in [0.1, 0.15) is 0 Å². The molecule has 0 atom stereocenters. The lowest BCUT2D eigenvalue weighted by molar-refractivity contribution is -0.385. The minimum absolute atomic E-state index is 0.106. The Bertz CT molecular complexity index is 652. The zero-order valence-electron chi connectivity index (χ0n) is 12.3. The van der Waals surface area contributed by atoms with Crippen molar-refractivity contribution in [2.24, 2.45) is 0 Å². The summed E-state index contributed by atoms with van der Waals surface area (Å²) < 4.78 is 1.62. The van der Waals surface area contributed by atoms with Crippen molar-refractivity contribution >= 4 is 5.69 Å². The third kappa shape index (κ3) is 3.22. The molecule has 0 spiro atoms. The van der Waals surface area contributed by atoms with E-state index in [9.17, 15) is 10.1 Å². The summed E-state index contributed by atoms with van der Waals surface area (Å²) in [7, 11) is 0. The Morgan fingerprint density at radius 3 is 2.76 bits per heavy atom. The Morgan fingerprint density at radius 2 is 2.10 bits per heavy atom. The molecule has 1 heterocycles. The average molecular weight is 290 g/mol. The maximum absolute atomic E-state index is 11.0. The van der Waals surface area contributed by atoms with Crippen LogP contribution in [0.5, 0.6) is 0 Å². The molecule has 0 radical (unpaired) electrons. The van der Waals surface area contributed by atoms with Crippen LogP contribution in [0.1, 0.15) is 30.3 Å². The Hall–Kier alpha value is -2.35. The highest BCUT2D eigenvalue weighted by Gasteiger charge is 2.17. The zero-order valence-corrected chi connectivity index (χ0v) is 12.3. The van der Waals surface area contributed by atoms with E-state index in [1.54, 1.807) is 23.7 Å². The van der Waals surface area contributed by atoms with Crippen LogP contribution in [0.4, 0.5) is 5.69 Å². The molecule has 8 heteroatoms. The molecule has 112 valence electrons. The van der Waals surface area contributed by atoms with Crippen LogP contribution < -0.4 is 5.32 Å². The number of nitro groups is 1. The minimum atomic E-state index is -0.380. The van der Waals surface area contributed by atoms with E-state index in [1.165, 1.54) is 0 Å². The first kappa shape index (κ1) is 15.0. The minimum Gasteiger partial charge on any atom is -0.310 e. The highest BCUT2D eigenvalue weighted by Crippen LogP contribution is 2.25. The van der Waals surface area contributed by atoms with Crippen molar-refractivity contribution in [2.45, 2.75) is 33.7 Å². The molecule has 21 heavy (non-hydrogen) atoms. The molecule has 1 aromatic carbocycles. The molecular formula is C13H18N6O2. The van der Waals surface area contributed by atoms with Gasteiger partial charge in [0.05, 0.1) is 17.2 Å². The van der Waals surface area contributed by atoms with Gasteiger partial charge >= 0.3 is 0 Å². The fraction of sp³-hybridized carbons (Fsp3) is 0.462. The fourth-order valence-electron chi connectivity index (χ4n) is 2.09. The van der Waals surface area contributed by atoms with Gasteiger partial charge < -0.3 is 5.32 Å². The van der Waals surface area contributed by atoms with Gasteiger partial charge in [0.2, 0.25) is 0 Å². The van der Waals surface area contributed by atoms with Gasteiger partial charge in [0, 0.05) is 11.6 Å². The Morgan fingerprint density at radius 1 is 1.33 bits per heavy atom. The molecule has 0 aliphatic carbocycles. The number of hydrogen-bond donors (Lipinski definition) is 1. The van der Waals surface area contributed by atoms with Crippen LogP contribution in [-0.4, -0.2) is 31.7 Å². The lowest BCUT2D eigenvalue weighted by Crippen LogP contribution is -2.18. The van der Waals surface area contributed by atoms with Gasteiger partial charge in [0.25, 0.3) is 5.69 Å². The molecule has 0 amide bonds. The standard InChI is InChI=1S/C13H18N6O2/c1-4-5-14-8-13-15-16-17-18(13)11-6-10(3)12(19(20)21)7-9(11)2/h6-7,14H,4-5,8H2,1-3H3. The monoisotopic (exact) mass is 290 g/mol. The Kier molecular flexibility index (Phi) is 4.59. The molecule has 0 bridgehead atoms.